The first kappa shape index (κ1) is 13.7. The molecule has 0 saturated heterocycles. The van der Waals surface area contributed by atoms with Crippen LogP contribution in [-0.2, 0) is 4.79 Å². The van der Waals surface area contributed by atoms with E-state index in [1.165, 1.54) is 0 Å². The van der Waals surface area contributed by atoms with Crippen molar-refractivity contribution in [2.75, 3.05) is 5.32 Å². The van der Waals surface area contributed by atoms with E-state index in [-0.39, 0.29) is 11.8 Å². The lowest BCUT2D eigenvalue weighted by Gasteiger charge is -2.08. The zero-order chi connectivity index (χ0) is 14.8. The number of hydrogen-bond donors (Lipinski definition) is 1. The first-order valence-corrected chi connectivity index (χ1v) is 7.27. The van der Waals surface area contributed by atoms with Crippen LogP contribution in [0, 0.1) is 18.8 Å². The van der Waals surface area contributed by atoms with Gasteiger partial charge in [-0.05, 0) is 61.2 Å². The first-order chi connectivity index (χ1) is 10.1. The van der Waals surface area contributed by atoms with Gasteiger partial charge < -0.3 is 10.1 Å². The van der Waals surface area contributed by atoms with Crippen LogP contribution in [-0.4, -0.2) is 5.91 Å². The second-order valence-electron chi connectivity index (χ2n) is 5.75. The van der Waals surface area contributed by atoms with Crippen molar-refractivity contribution in [3.63, 3.8) is 0 Å². The summed E-state index contributed by atoms with van der Waals surface area (Å²) in [5.74, 6) is 2.41. The number of aryl methyl sites for hydroxylation is 1. The van der Waals surface area contributed by atoms with Gasteiger partial charge in [-0.25, -0.2) is 0 Å². The minimum absolute atomic E-state index is 0.120. The molecule has 1 saturated carbocycles. The van der Waals surface area contributed by atoms with Gasteiger partial charge in [0.1, 0.15) is 11.5 Å². The Morgan fingerprint density at radius 3 is 2.48 bits per heavy atom. The molecule has 21 heavy (non-hydrogen) atoms. The smallest absolute Gasteiger partial charge is 0.227 e. The molecule has 3 nitrogen and oxygen atoms in total. The van der Waals surface area contributed by atoms with Gasteiger partial charge in [0.05, 0.1) is 0 Å². The minimum atomic E-state index is 0.120. The molecule has 2 aromatic carbocycles. The number of carbonyl (C=O) groups excluding carboxylic acids is 1. The van der Waals surface area contributed by atoms with Crippen LogP contribution in [0.15, 0.2) is 48.5 Å². The summed E-state index contributed by atoms with van der Waals surface area (Å²) in [6, 6.07) is 15.4. The summed E-state index contributed by atoms with van der Waals surface area (Å²) in [6.07, 6.45) is 1.00. The van der Waals surface area contributed by atoms with E-state index in [1.807, 2.05) is 55.5 Å². The average molecular weight is 281 g/mol. The zero-order valence-electron chi connectivity index (χ0n) is 12.3. The van der Waals surface area contributed by atoms with E-state index < -0.39 is 0 Å². The molecule has 1 aliphatic carbocycles. The predicted octanol–water partition coefficient (Wildman–Crippen LogP) is 4.38. The molecule has 1 N–H and O–H groups in total. The standard InChI is InChI=1S/C18H19NO2/c1-12-4-3-5-16(10-12)21-15-8-6-14(7-9-15)19-18(20)17-11-13(17)2/h3-10,13,17H,11H2,1-2H3,(H,19,20)/t13-,17-/m1/s1. The summed E-state index contributed by atoms with van der Waals surface area (Å²) in [4.78, 5) is 11.9. The molecule has 108 valence electrons. The fourth-order valence-electron chi connectivity index (χ4n) is 2.34. The van der Waals surface area contributed by atoms with Crippen molar-refractivity contribution < 1.29 is 9.53 Å². The molecule has 0 heterocycles. The number of anilines is 1. The Balaban J connectivity index is 1.62. The lowest BCUT2D eigenvalue weighted by Crippen LogP contribution is -2.14. The molecule has 0 aliphatic heterocycles. The number of rotatable bonds is 4. The van der Waals surface area contributed by atoms with Crippen molar-refractivity contribution in [2.45, 2.75) is 20.3 Å². The maximum absolute atomic E-state index is 11.9. The van der Waals surface area contributed by atoms with Gasteiger partial charge in [-0.3, -0.25) is 4.79 Å². The molecule has 0 radical (unpaired) electrons. The Hall–Kier alpha value is -2.29. The van der Waals surface area contributed by atoms with Crippen molar-refractivity contribution in [1.29, 1.82) is 0 Å². The minimum Gasteiger partial charge on any atom is -0.457 e. The Labute approximate surface area is 124 Å². The highest BCUT2D eigenvalue weighted by molar-refractivity contribution is 5.94. The number of benzene rings is 2. The summed E-state index contributed by atoms with van der Waals surface area (Å²) in [7, 11) is 0. The molecule has 1 fully saturated rings. The van der Waals surface area contributed by atoms with Crippen molar-refractivity contribution in [3.8, 4) is 11.5 Å². The van der Waals surface area contributed by atoms with Crippen molar-refractivity contribution in [3.05, 3.63) is 54.1 Å². The number of nitrogens with one attached hydrogen (secondary N) is 1. The third kappa shape index (κ3) is 3.43. The Morgan fingerprint density at radius 1 is 1.14 bits per heavy atom. The number of carbonyl (C=O) groups is 1. The van der Waals surface area contributed by atoms with Crippen LogP contribution in [0.25, 0.3) is 0 Å². The molecule has 0 spiro atoms. The average Bonchev–Trinajstić information content (AvgIpc) is 3.18. The van der Waals surface area contributed by atoms with Crippen LogP contribution in [0.3, 0.4) is 0 Å². The molecule has 3 rings (SSSR count). The first-order valence-electron chi connectivity index (χ1n) is 7.27. The van der Waals surface area contributed by atoms with E-state index in [4.69, 9.17) is 4.74 Å². The van der Waals surface area contributed by atoms with E-state index in [0.29, 0.717) is 5.92 Å². The molecule has 0 unspecified atom stereocenters. The summed E-state index contributed by atoms with van der Waals surface area (Å²) in [6.45, 7) is 4.13. The van der Waals surface area contributed by atoms with Gasteiger partial charge in [0, 0.05) is 11.6 Å². The van der Waals surface area contributed by atoms with E-state index in [1.54, 1.807) is 0 Å². The van der Waals surface area contributed by atoms with Gasteiger partial charge >= 0.3 is 0 Å². The van der Waals surface area contributed by atoms with Crippen LogP contribution < -0.4 is 10.1 Å². The van der Waals surface area contributed by atoms with Crippen molar-refractivity contribution in [1.82, 2.24) is 0 Å². The normalized spacial score (nSPS) is 19.9. The lowest BCUT2D eigenvalue weighted by atomic mass is 10.2. The maximum atomic E-state index is 11.9. The Bertz CT molecular complexity index is 649. The van der Waals surface area contributed by atoms with E-state index >= 15 is 0 Å². The molecular weight excluding hydrogens is 262 g/mol. The highest BCUT2D eigenvalue weighted by Gasteiger charge is 2.38. The molecule has 3 heteroatoms. The van der Waals surface area contributed by atoms with Crippen LogP contribution in [0.5, 0.6) is 11.5 Å². The molecule has 2 atom stereocenters. The van der Waals surface area contributed by atoms with Crippen LogP contribution >= 0.6 is 0 Å². The van der Waals surface area contributed by atoms with Gasteiger partial charge in [-0.2, -0.15) is 0 Å². The van der Waals surface area contributed by atoms with Crippen LogP contribution in [0.2, 0.25) is 0 Å². The third-order valence-electron chi connectivity index (χ3n) is 3.79. The maximum Gasteiger partial charge on any atom is 0.227 e. The molecular formula is C18H19NO2. The molecule has 0 aromatic heterocycles. The molecule has 1 aliphatic rings. The largest absolute Gasteiger partial charge is 0.457 e. The van der Waals surface area contributed by atoms with E-state index in [9.17, 15) is 4.79 Å². The SMILES string of the molecule is Cc1cccc(Oc2ccc(NC(=O)[C@@H]3C[C@H]3C)cc2)c1. The van der Waals surface area contributed by atoms with Gasteiger partial charge in [0.2, 0.25) is 5.91 Å². The number of ether oxygens (including phenoxy) is 1. The molecule has 1 amide bonds. The topological polar surface area (TPSA) is 38.3 Å². The summed E-state index contributed by atoms with van der Waals surface area (Å²) in [5, 5.41) is 2.94. The number of amides is 1. The van der Waals surface area contributed by atoms with E-state index in [2.05, 4.69) is 12.2 Å². The highest BCUT2D eigenvalue weighted by Crippen LogP contribution is 2.38. The van der Waals surface area contributed by atoms with E-state index in [0.717, 1.165) is 29.2 Å². The highest BCUT2D eigenvalue weighted by atomic mass is 16.5. The van der Waals surface area contributed by atoms with Gasteiger partial charge in [0.25, 0.3) is 0 Å². The Kier molecular flexibility index (Phi) is 3.65. The van der Waals surface area contributed by atoms with Crippen molar-refractivity contribution >= 4 is 11.6 Å². The third-order valence-corrected chi connectivity index (χ3v) is 3.79. The monoisotopic (exact) mass is 281 g/mol. The second-order valence-corrected chi connectivity index (χ2v) is 5.75. The molecule has 2 aromatic rings. The van der Waals surface area contributed by atoms with Gasteiger partial charge in [0.15, 0.2) is 0 Å². The van der Waals surface area contributed by atoms with Gasteiger partial charge in [-0.1, -0.05) is 19.1 Å². The number of hydrogen-bond acceptors (Lipinski definition) is 2. The van der Waals surface area contributed by atoms with Crippen LogP contribution in [0.4, 0.5) is 5.69 Å². The Morgan fingerprint density at radius 2 is 1.86 bits per heavy atom. The summed E-state index contributed by atoms with van der Waals surface area (Å²) < 4.78 is 5.78. The fourth-order valence-corrected chi connectivity index (χ4v) is 2.34. The summed E-state index contributed by atoms with van der Waals surface area (Å²) >= 11 is 0. The lowest BCUT2D eigenvalue weighted by molar-refractivity contribution is -0.117. The fraction of sp³-hybridized carbons (Fsp3) is 0.278. The molecule has 0 bridgehead atoms. The second kappa shape index (κ2) is 5.60. The quantitative estimate of drug-likeness (QED) is 0.903. The zero-order valence-corrected chi connectivity index (χ0v) is 12.3. The van der Waals surface area contributed by atoms with Crippen LogP contribution in [0.1, 0.15) is 18.9 Å². The summed E-state index contributed by atoms with van der Waals surface area (Å²) in [5.41, 5.74) is 1.98. The van der Waals surface area contributed by atoms with Gasteiger partial charge in [-0.15, -0.1) is 0 Å². The van der Waals surface area contributed by atoms with Crippen molar-refractivity contribution in [2.24, 2.45) is 11.8 Å². The predicted molar refractivity (Wildman–Crippen MR) is 83.6 cm³/mol.